The minimum Gasteiger partial charge on any atom is -0.422 e. The Hall–Kier alpha value is -1.92. The molecule has 0 aliphatic carbocycles. The van der Waals surface area contributed by atoms with Crippen molar-refractivity contribution in [3.63, 3.8) is 0 Å². The van der Waals surface area contributed by atoms with Crippen molar-refractivity contribution < 1.29 is 4.57 Å². The quantitative estimate of drug-likeness (QED) is 0.445. The molecule has 0 aromatic carbocycles. The summed E-state index contributed by atoms with van der Waals surface area (Å²) in [7, 11) is 2.11. The molecule has 1 heterocycles. The SMILES string of the molecule is CCCCn1cc[n+](C)c1CC.N#CN=C=[N-]. The number of nitrogens with zero attached hydrogens (tertiary/aromatic N) is 5. The van der Waals surface area contributed by atoms with E-state index < -0.39 is 0 Å². The molecule has 17 heavy (non-hydrogen) atoms. The molecule has 0 radical (unpaired) electrons. The molecular formula is C12H19N5. The molecule has 0 unspecified atom stereocenters. The minimum atomic E-state index is 1.12. The van der Waals surface area contributed by atoms with Crippen LogP contribution in [0.5, 0.6) is 0 Å². The largest absolute Gasteiger partial charge is 0.422 e. The van der Waals surface area contributed by atoms with E-state index in [9.17, 15) is 0 Å². The third-order valence-corrected chi connectivity index (χ3v) is 2.38. The van der Waals surface area contributed by atoms with Crippen molar-refractivity contribution in [1.29, 1.82) is 5.26 Å². The monoisotopic (exact) mass is 233 g/mol. The lowest BCUT2D eigenvalue weighted by Gasteiger charge is -1.98. The summed E-state index contributed by atoms with van der Waals surface area (Å²) in [5, 5.41) is 14.9. The van der Waals surface area contributed by atoms with E-state index in [-0.39, 0.29) is 0 Å². The van der Waals surface area contributed by atoms with E-state index in [4.69, 9.17) is 10.7 Å². The second-order valence-corrected chi connectivity index (χ2v) is 3.54. The van der Waals surface area contributed by atoms with Gasteiger partial charge in [-0.3, -0.25) is 0 Å². The summed E-state index contributed by atoms with van der Waals surface area (Å²) in [6.45, 7) is 5.60. The Morgan fingerprint density at radius 3 is 2.65 bits per heavy atom. The van der Waals surface area contributed by atoms with Gasteiger partial charge in [-0.2, -0.15) is 5.26 Å². The number of aliphatic imine (C=N–C) groups is 1. The third kappa shape index (κ3) is 5.64. The second kappa shape index (κ2) is 9.32. The van der Waals surface area contributed by atoms with Gasteiger partial charge in [0.1, 0.15) is 12.4 Å². The van der Waals surface area contributed by atoms with Gasteiger partial charge < -0.3 is 10.4 Å². The molecule has 0 atom stereocenters. The highest BCUT2D eigenvalue weighted by Crippen LogP contribution is 1.99. The van der Waals surface area contributed by atoms with Gasteiger partial charge in [-0.25, -0.2) is 9.13 Å². The highest BCUT2D eigenvalue weighted by molar-refractivity contribution is 5.46. The van der Waals surface area contributed by atoms with Crippen LogP contribution in [0.15, 0.2) is 17.4 Å². The van der Waals surface area contributed by atoms with E-state index >= 15 is 0 Å². The van der Waals surface area contributed by atoms with Crippen molar-refractivity contribution in [2.45, 2.75) is 39.7 Å². The zero-order valence-electron chi connectivity index (χ0n) is 10.7. The summed E-state index contributed by atoms with van der Waals surface area (Å²) >= 11 is 0. The van der Waals surface area contributed by atoms with E-state index in [1.54, 1.807) is 0 Å². The first-order valence-electron chi connectivity index (χ1n) is 5.72. The number of hydrogen-bond acceptors (Lipinski definition) is 2. The summed E-state index contributed by atoms with van der Waals surface area (Å²) in [6, 6.07) is 1.28. The highest BCUT2D eigenvalue weighted by Gasteiger charge is 2.10. The van der Waals surface area contributed by atoms with Crippen LogP contribution in [-0.2, 0) is 20.0 Å². The molecule has 1 aromatic rings. The number of nitriles is 1. The smallest absolute Gasteiger partial charge is 0.255 e. The van der Waals surface area contributed by atoms with E-state index in [0.29, 0.717) is 0 Å². The zero-order valence-corrected chi connectivity index (χ0v) is 10.7. The number of imidazole rings is 1. The van der Waals surface area contributed by atoms with Crippen LogP contribution in [0, 0.1) is 11.5 Å². The molecule has 1 aromatic heterocycles. The summed E-state index contributed by atoms with van der Waals surface area (Å²) in [6.07, 6.45) is 9.26. The molecule has 0 amide bonds. The summed E-state index contributed by atoms with van der Waals surface area (Å²) in [4.78, 5) is 2.58. The molecule has 0 fully saturated rings. The highest BCUT2D eigenvalue weighted by atomic mass is 15.1. The van der Waals surface area contributed by atoms with Gasteiger partial charge in [0.15, 0.2) is 0 Å². The lowest BCUT2D eigenvalue weighted by atomic mass is 10.3. The molecule has 1 rings (SSSR count). The van der Waals surface area contributed by atoms with Gasteiger partial charge in [0.05, 0.1) is 19.8 Å². The topological polar surface area (TPSA) is 67.3 Å². The van der Waals surface area contributed by atoms with Crippen molar-refractivity contribution >= 4 is 6.01 Å². The van der Waals surface area contributed by atoms with Gasteiger partial charge in [0.2, 0.25) is 0 Å². The van der Waals surface area contributed by atoms with Crippen molar-refractivity contribution in [2.24, 2.45) is 12.0 Å². The van der Waals surface area contributed by atoms with E-state index in [1.165, 1.54) is 37.4 Å². The Morgan fingerprint density at radius 1 is 1.53 bits per heavy atom. The molecule has 5 nitrogen and oxygen atoms in total. The maximum atomic E-state index is 7.43. The van der Waals surface area contributed by atoms with Crippen LogP contribution in [0.2, 0.25) is 0 Å². The predicted octanol–water partition coefficient (Wildman–Crippen LogP) is 1.89. The van der Waals surface area contributed by atoms with Gasteiger partial charge in [-0.15, -0.1) is 6.01 Å². The number of rotatable bonds is 4. The Morgan fingerprint density at radius 2 is 2.24 bits per heavy atom. The summed E-state index contributed by atoms with van der Waals surface area (Å²) in [5.41, 5.74) is 0. The van der Waals surface area contributed by atoms with Crippen LogP contribution in [-0.4, -0.2) is 10.6 Å². The van der Waals surface area contributed by atoms with Crippen molar-refractivity contribution in [3.8, 4) is 6.19 Å². The molecule has 0 aliphatic rings. The van der Waals surface area contributed by atoms with Crippen LogP contribution in [0.25, 0.3) is 5.41 Å². The van der Waals surface area contributed by atoms with Crippen LogP contribution in [0.1, 0.15) is 32.5 Å². The van der Waals surface area contributed by atoms with Gasteiger partial charge in [-0.05, 0) is 6.42 Å². The molecule has 92 valence electrons. The van der Waals surface area contributed by atoms with E-state index in [0.717, 1.165) is 6.42 Å². The fraction of sp³-hybridized carbons (Fsp3) is 0.583. The molecule has 0 N–H and O–H groups in total. The molecule has 0 saturated heterocycles. The van der Waals surface area contributed by atoms with Gasteiger partial charge in [0, 0.05) is 6.42 Å². The minimum absolute atomic E-state index is 1.12. The molecule has 0 spiro atoms. The first kappa shape index (κ1) is 15.1. The number of aryl methyl sites for hydroxylation is 2. The molecule has 0 bridgehead atoms. The summed E-state index contributed by atoms with van der Waals surface area (Å²) < 4.78 is 4.55. The normalized spacial score (nSPS) is 8.59. The number of aromatic nitrogens is 2. The predicted molar refractivity (Wildman–Crippen MR) is 66.3 cm³/mol. The van der Waals surface area contributed by atoms with Crippen LogP contribution in [0.3, 0.4) is 0 Å². The first-order chi connectivity index (χ1) is 8.21. The van der Waals surface area contributed by atoms with Gasteiger partial charge in [0.25, 0.3) is 5.82 Å². The van der Waals surface area contributed by atoms with Crippen LogP contribution in [0.4, 0.5) is 0 Å². The van der Waals surface area contributed by atoms with E-state index in [2.05, 4.69) is 47.4 Å². The molecule has 0 aliphatic heterocycles. The van der Waals surface area contributed by atoms with Crippen molar-refractivity contribution in [3.05, 3.63) is 23.6 Å². The Kier molecular flexibility index (Phi) is 8.26. The maximum Gasteiger partial charge on any atom is 0.255 e. The average Bonchev–Trinajstić information content (AvgIpc) is 2.69. The van der Waals surface area contributed by atoms with Gasteiger partial charge >= 0.3 is 0 Å². The average molecular weight is 233 g/mol. The molecule has 0 saturated carbocycles. The van der Waals surface area contributed by atoms with Crippen molar-refractivity contribution in [2.75, 3.05) is 0 Å². The fourth-order valence-corrected chi connectivity index (χ4v) is 1.56. The zero-order chi connectivity index (χ0) is 13.1. The second-order valence-electron chi connectivity index (χ2n) is 3.54. The van der Waals surface area contributed by atoms with Crippen LogP contribution >= 0.6 is 0 Å². The first-order valence-corrected chi connectivity index (χ1v) is 5.72. The molecular weight excluding hydrogens is 214 g/mol. The maximum absolute atomic E-state index is 7.43. The number of unbranched alkanes of at least 4 members (excludes halogenated alkanes) is 1. The lowest BCUT2D eigenvalue weighted by Crippen LogP contribution is -2.31. The number of hydrogen-bond donors (Lipinski definition) is 0. The standard InChI is InChI=1S/C10H19N2.C2N3/c1-4-6-7-12-9-8-11(3)10(12)5-2;3-1-5-2-4/h8-9H,4-7H2,1-3H3;/q+1;-1. The lowest BCUT2D eigenvalue weighted by molar-refractivity contribution is -0.678. The summed E-state index contributed by atoms with van der Waals surface area (Å²) in [5.74, 6) is 1.42. The Bertz CT molecular complexity index is 407. The Labute approximate surface area is 103 Å². The third-order valence-electron chi connectivity index (χ3n) is 2.38. The van der Waals surface area contributed by atoms with Crippen molar-refractivity contribution in [1.82, 2.24) is 4.57 Å². The van der Waals surface area contributed by atoms with Crippen LogP contribution < -0.4 is 4.57 Å². The Balaban J connectivity index is 0.000000437. The molecule has 5 heteroatoms. The van der Waals surface area contributed by atoms with E-state index in [1.807, 2.05) is 0 Å². The van der Waals surface area contributed by atoms with Gasteiger partial charge in [-0.1, -0.05) is 20.3 Å². The fourth-order valence-electron chi connectivity index (χ4n) is 1.56.